The summed E-state index contributed by atoms with van der Waals surface area (Å²) in [6.07, 6.45) is 0. The third-order valence-electron chi connectivity index (χ3n) is 3.47. The third-order valence-corrected chi connectivity index (χ3v) is 4.29. The van der Waals surface area contributed by atoms with Crippen molar-refractivity contribution in [3.63, 3.8) is 0 Å². The van der Waals surface area contributed by atoms with E-state index in [0.29, 0.717) is 5.16 Å². The molecule has 0 aliphatic carbocycles. The Morgan fingerprint density at radius 3 is 2.40 bits per heavy atom. The number of nitrogens with zero attached hydrogens (tertiary/aromatic N) is 2. The predicted molar refractivity (Wildman–Crippen MR) is 99.2 cm³/mol. The number of carbonyl (C=O) groups is 1. The molecule has 0 amide bonds. The fraction of sp³-hybridized carbons (Fsp3) is 0.150. The van der Waals surface area contributed by atoms with Crippen molar-refractivity contribution in [2.75, 3.05) is 5.75 Å². The van der Waals surface area contributed by atoms with Crippen LogP contribution < -0.4 is 0 Å². The number of ether oxygens (including phenoxy) is 1. The Morgan fingerprint density at radius 1 is 1.00 bits per heavy atom. The molecule has 126 valence electrons. The van der Waals surface area contributed by atoms with E-state index in [1.54, 1.807) is 0 Å². The summed E-state index contributed by atoms with van der Waals surface area (Å²) in [6.45, 7) is 2.20. The van der Waals surface area contributed by atoms with Crippen molar-refractivity contribution in [3.05, 3.63) is 78.0 Å². The van der Waals surface area contributed by atoms with E-state index >= 15 is 0 Å². The minimum atomic E-state index is -0.278. The van der Waals surface area contributed by atoms with Crippen molar-refractivity contribution < 1.29 is 9.53 Å². The molecule has 5 heteroatoms. The molecular formula is C20H18N2O2S. The molecule has 0 fully saturated rings. The molecule has 0 saturated carbocycles. The van der Waals surface area contributed by atoms with Crippen LogP contribution in [0.25, 0.3) is 11.3 Å². The first kappa shape index (κ1) is 17.2. The van der Waals surface area contributed by atoms with Gasteiger partial charge in [-0.2, -0.15) is 0 Å². The van der Waals surface area contributed by atoms with Gasteiger partial charge in [0.05, 0.1) is 11.4 Å². The standard InChI is InChI=1S/C20H18N2O2S/c1-15-12-18(17-10-6-3-7-11-17)22-20(21-15)25-14-19(23)24-13-16-8-4-2-5-9-16/h2-12H,13-14H2,1H3. The zero-order chi connectivity index (χ0) is 17.5. The summed E-state index contributed by atoms with van der Waals surface area (Å²) in [6, 6.07) is 21.5. The van der Waals surface area contributed by atoms with Gasteiger partial charge in [-0.25, -0.2) is 9.97 Å². The Labute approximate surface area is 151 Å². The second kappa shape index (κ2) is 8.44. The van der Waals surface area contributed by atoms with E-state index < -0.39 is 0 Å². The maximum Gasteiger partial charge on any atom is 0.316 e. The lowest BCUT2D eigenvalue weighted by molar-refractivity contribution is -0.141. The molecule has 4 nitrogen and oxygen atoms in total. The largest absolute Gasteiger partial charge is 0.460 e. The van der Waals surface area contributed by atoms with Gasteiger partial charge < -0.3 is 4.74 Å². The fourth-order valence-corrected chi connectivity index (χ4v) is 2.97. The van der Waals surface area contributed by atoms with E-state index in [9.17, 15) is 4.79 Å². The van der Waals surface area contributed by atoms with Gasteiger partial charge in [-0.05, 0) is 18.6 Å². The molecule has 0 atom stereocenters. The maximum atomic E-state index is 11.9. The van der Waals surface area contributed by atoms with Crippen molar-refractivity contribution in [3.8, 4) is 11.3 Å². The lowest BCUT2D eigenvalue weighted by Gasteiger charge is -2.07. The van der Waals surface area contributed by atoms with E-state index in [-0.39, 0.29) is 18.3 Å². The first-order valence-corrected chi connectivity index (χ1v) is 8.93. The number of aryl methyl sites for hydroxylation is 1. The second-order valence-corrected chi connectivity index (χ2v) is 6.42. The zero-order valence-electron chi connectivity index (χ0n) is 13.9. The van der Waals surface area contributed by atoms with Crippen LogP contribution in [0.5, 0.6) is 0 Å². The quantitative estimate of drug-likeness (QED) is 0.377. The summed E-state index contributed by atoms with van der Waals surface area (Å²) >= 11 is 1.29. The molecule has 3 aromatic rings. The number of hydrogen-bond donors (Lipinski definition) is 0. The average Bonchev–Trinajstić information content (AvgIpc) is 2.66. The molecule has 1 heterocycles. The van der Waals surface area contributed by atoms with E-state index in [1.165, 1.54) is 11.8 Å². The molecule has 3 rings (SSSR count). The molecule has 0 saturated heterocycles. The average molecular weight is 350 g/mol. The normalized spacial score (nSPS) is 10.4. The molecule has 0 unspecified atom stereocenters. The fourth-order valence-electron chi connectivity index (χ4n) is 2.27. The van der Waals surface area contributed by atoms with Gasteiger partial charge in [0, 0.05) is 11.3 Å². The molecule has 0 spiro atoms. The summed E-state index contributed by atoms with van der Waals surface area (Å²) in [5.74, 6) is -0.0925. The van der Waals surface area contributed by atoms with Crippen molar-refractivity contribution in [2.45, 2.75) is 18.7 Å². The minimum Gasteiger partial charge on any atom is -0.460 e. The van der Waals surface area contributed by atoms with Gasteiger partial charge in [0.2, 0.25) is 0 Å². The van der Waals surface area contributed by atoms with Crippen LogP contribution in [0.2, 0.25) is 0 Å². The molecular weight excluding hydrogens is 332 g/mol. The number of hydrogen-bond acceptors (Lipinski definition) is 5. The van der Waals surface area contributed by atoms with E-state index in [0.717, 1.165) is 22.5 Å². The van der Waals surface area contributed by atoms with Crippen LogP contribution in [0, 0.1) is 6.92 Å². The summed E-state index contributed by atoms with van der Waals surface area (Å²) in [5.41, 5.74) is 3.72. The number of aromatic nitrogens is 2. The van der Waals surface area contributed by atoms with Crippen LogP contribution in [0.3, 0.4) is 0 Å². The smallest absolute Gasteiger partial charge is 0.316 e. The summed E-state index contributed by atoms with van der Waals surface area (Å²) in [7, 11) is 0. The first-order chi connectivity index (χ1) is 12.2. The second-order valence-electron chi connectivity index (χ2n) is 5.48. The Balaban J connectivity index is 1.59. The highest BCUT2D eigenvalue weighted by molar-refractivity contribution is 7.99. The monoisotopic (exact) mass is 350 g/mol. The zero-order valence-corrected chi connectivity index (χ0v) is 14.7. The highest BCUT2D eigenvalue weighted by Gasteiger charge is 2.09. The Kier molecular flexibility index (Phi) is 5.80. The third kappa shape index (κ3) is 5.16. The SMILES string of the molecule is Cc1cc(-c2ccccc2)nc(SCC(=O)OCc2ccccc2)n1. The van der Waals surface area contributed by atoms with Crippen LogP contribution in [-0.4, -0.2) is 21.7 Å². The van der Waals surface area contributed by atoms with Crippen LogP contribution in [0.1, 0.15) is 11.3 Å². The molecule has 0 N–H and O–H groups in total. The van der Waals surface area contributed by atoms with E-state index in [4.69, 9.17) is 4.74 Å². The number of carbonyl (C=O) groups excluding carboxylic acids is 1. The molecule has 0 aliphatic rings. The molecule has 0 bridgehead atoms. The summed E-state index contributed by atoms with van der Waals surface area (Å²) in [4.78, 5) is 20.9. The molecule has 25 heavy (non-hydrogen) atoms. The van der Waals surface area contributed by atoms with Gasteiger partial charge >= 0.3 is 5.97 Å². The van der Waals surface area contributed by atoms with Gasteiger partial charge in [-0.1, -0.05) is 72.4 Å². The van der Waals surface area contributed by atoms with Crippen LogP contribution in [0.4, 0.5) is 0 Å². The maximum absolute atomic E-state index is 11.9. The topological polar surface area (TPSA) is 52.1 Å². The van der Waals surface area contributed by atoms with Gasteiger partial charge in [0.1, 0.15) is 6.61 Å². The van der Waals surface area contributed by atoms with Gasteiger partial charge in [-0.15, -0.1) is 0 Å². The molecule has 0 radical (unpaired) electrons. The Morgan fingerprint density at radius 2 is 1.68 bits per heavy atom. The minimum absolute atomic E-state index is 0.185. The first-order valence-electron chi connectivity index (χ1n) is 7.94. The summed E-state index contributed by atoms with van der Waals surface area (Å²) < 4.78 is 5.28. The summed E-state index contributed by atoms with van der Waals surface area (Å²) in [5, 5.41) is 0.579. The number of esters is 1. The van der Waals surface area contributed by atoms with Crippen molar-refractivity contribution >= 4 is 17.7 Å². The number of benzene rings is 2. The van der Waals surface area contributed by atoms with E-state index in [2.05, 4.69) is 9.97 Å². The van der Waals surface area contributed by atoms with E-state index in [1.807, 2.05) is 73.7 Å². The van der Waals surface area contributed by atoms with Crippen LogP contribution >= 0.6 is 11.8 Å². The highest BCUT2D eigenvalue weighted by Crippen LogP contribution is 2.21. The Bertz CT molecular complexity index is 839. The number of rotatable bonds is 6. The lowest BCUT2D eigenvalue weighted by atomic mass is 10.1. The Hall–Kier alpha value is -2.66. The van der Waals surface area contributed by atoms with Gasteiger partial charge in [-0.3, -0.25) is 4.79 Å². The van der Waals surface area contributed by atoms with Gasteiger partial charge in [0.25, 0.3) is 0 Å². The lowest BCUT2D eigenvalue weighted by Crippen LogP contribution is -2.08. The van der Waals surface area contributed by atoms with Crippen LogP contribution in [0.15, 0.2) is 71.9 Å². The molecule has 1 aromatic heterocycles. The highest BCUT2D eigenvalue weighted by atomic mass is 32.2. The molecule has 0 aliphatic heterocycles. The van der Waals surface area contributed by atoms with Crippen molar-refractivity contribution in [1.82, 2.24) is 9.97 Å². The van der Waals surface area contributed by atoms with Gasteiger partial charge in [0.15, 0.2) is 5.16 Å². The predicted octanol–water partition coefficient (Wildman–Crippen LogP) is 4.29. The van der Waals surface area contributed by atoms with Crippen molar-refractivity contribution in [1.29, 1.82) is 0 Å². The molecule has 2 aromatic carbocycles. The number of thioether (sulfide) groups is 1. The van der Waals surface area contributed by atoms with Crippen LogP contribution in [-0.2, 0) is 16.1 Å². The van der Waals surface area contributed by atoms with Crippen molar-refractivity contribution in [2.24, 2.45) is 0 Å².